The van der Waals surface area contributed by atoms with Gasteiger partial charge in [-0.3, -0.25) is 0 Å². The van der Waals surface area contributed by atoms with Gasteiger partial charge in [0.2, 0.25) is 0 Å². The van der Waals surface area contributed by atoms with Crippen LogP contribution in [0.2, 0.25) is 0 Å². The van der Waals surface area contributed by atoms with E-state index in [9.17, 15) is 4.79 Å². The number of benzene rings is 2. The summed E-state index contributed by atoms with van der Waals surface area (Å²) in [5, 5.41) is 3.12. The van der Waals surface area contributed by atoms with Gasteiger partial charge in [0, 0.05) is 39.3 Å². The van der Waals surface area contributed by atoms with Crippen LogP contribution in [0.5, 0.6) is 5.75 Å². The van der Waals surface area contributed by atoms with E-state index in [1.165, 1.54) is 0 Å². The second-order valence-electron chi connectivity index (χ2n) is 7.19. The predicted octanol–water partition coefficient (Wildman–Crippen LogP) is 2.89. The summed E-state index contributed by atoms with van der Waals surface area (Å²) < 4.78 is 10.9. The average molecular weight is 396 g/mol. The van der Waals surface area contributed by atoms with Crippen LogP contribution in [0.25, 0.3) is 0 Å². The molecule has 29 heavy (non-hydrogen) atoms. The molecule has 0 aromatic heterocycles. The lowest BCUT2D eigenvalue weighted by Gasteiger charge is -2.37. The second-order valence-corrected chi connectivity index (χ2v) is 7.19. The molecule has 0 bridgehead atoms. The first-order chi connectivity index (χ1) is 14.3. The molecule has 2 aliphatic heterocycles. The summed E-state index contributed by atoms with van der Waals surface area (Å²) in [6.45, 7) is 6.00. The molecule has 154 valence electrons. The molecule has 2 fully saturated rings. The molecule has 1 N–H and O–H groups in total. The second kappa shape index (κ2) is 9.05. The van der Waals surface area contributed by atoms with Crippen LogP contribution in [0.1, 0.15) is 0 Å². The first-order valence-corrected chi connectivity index (χ1v) is 10.1. The van der Waals surface area contributed by atoms with Crippen molar-refractivity contribution in [2.75, 3.05) is 74.7 Å². The monoisotopic (exact) mass is 396 g/mol. The van der Waals surface area contributed by atoms with Gasteiger partial charge in [0.25, 0.3) is 0 Å². The van der Waals surface area contributed by atoms with Crippen molar-refractivity contribution in [2.45, 2.75) is 0 Å². The van der Waals surface area contributed by atoms with Gasteiger partial charge in [0.15, 0.2) is 0 Å². The van der Waals surface area contributed by atoms with E-state index in [0.717, 1.165) is 49.0 Å². The van der Waals surface area contributed by atoms with Crippen LogP contribution >= 0.6 is 0 Å². The third-order valence-electron chi connectivity index (χ3n) is 5.49. The molecule has 0 radical (unpaired) electrons. The zero-order valence-electron chi connectivity index (χ0n) is 16.8. The number of hydrogen-bond acceptors (Lipinski definition) is 5. The van der Waals surface area contributed by atoms with Crippen molar-refractivity contribution in [1.29, 1.82) is 0 Å². The number of amides is 2. The Kier molecular flexibility index (Phi) is 6.05. The number of piperazine rings is 1. The molecule has 2 amide bonds. The Labute approximate surface area is 171 Å². The Hall–Kier alpha value is -2.93. The van der Waals surface area contributed by atoms with Gasteiger partial charge in [0.05, 0.1) is 37.4 Å². The number of carbonyl (C=O) groups is 1. The Morgan fingerprint density at radius 1 is 0.862 bits per heavy atom. The number of urea groups is 1. The normalized spacial score (nSPS) is 17.2. The zero-order chi connectivity index (χ0) is 20.1. The number of carbonyl (C=O) groups excluding carboxylic acids is 1. The lowest BCUT2D eigenvalue weighted by molar-refractivity contribution is 0.123. The number of rotatable bonds is 4. The molecule has 2 saturated heterocycles. The van der Waals surface area contributed by atoms with Crippen molar-refractivity contribution in [3.63, 3.8) is 0 Å². The number of morpholine rings is 1. The van der Waals surface area contributed by atoms with Gasteiger partial charge >= 0.3 is 6.03 Å². The highest BCUT2D eigenvalue weighted by atomic mass is 16.5. The molecule has 2 aromatic rings. The van der Waals surface area contributed by atoms with E-state index in [2.05, 4.69) is 27.2 Å². The van der Waals surface area contributed by atoms with E-state index in [1.54, 1.807) is 7.11 Å². The van der Waals surface area contributed by atoms with Gasteiger partial charge in [0.1, 0.15) is 5.75 Å². The van der Waals surface area contributed by atoms with Crippen LogP contribution in [-0.2, 0) is 4.74 Å². The van der Waals surface area contributed by atoms with E-state index in [1.807, 2.05) is 41.3 Å². The fourth-order valence-electron chi connectivity index (χ4n) is 3.90. The highest BCUT2D eigenvalue weighted by Crippen LogP contribution is 2.29. The van der Waals surface area contributed by atoms with E-state index in [-0.39, 0.29) is 6.03 Å². The third kappa shape index (κ3) is 4.40. The number of para-hydroxylation sites is 4. The molecule has 4 rings (SSSR count). The van der Waals surface area contributed by atoms with Crippen molar-refractivity contribution in [3.8, 4) is 5.75 Å². The summed E-state index contributed by atoms with van der Waals surface area (Å²) in [7, 11) is 1.69. The van der Waals surface area contributed by atoms with Crippen LogP contribution in [0.3, 0.4) is 0 Å². The number of anilines is 3. The van der Waals surface area contributed by atoms with Crippen LogP contribution in [0.15, 0.2) is 48.5 Å². The molecule has 7 nitrogen and oxygen atoms in total. The minimum absolute atomic E-state index is 0.0506. The van der Waals surface area contributed by atoms with Crippen molar-refractivity contribution < 1.29 is 14.3 Å². The minimum atomic E-state index is -0.0506. The summed E-state index contributed by atoms with van der Waals surface area (Å²) >= 11 is 0. The summed E-state index contributed by atoms with van der Waals surface area (Å²) in [6.07, 6.45) is 0. The molecule has 2 aromatic carbocycles. The first kappa shape index (κ1) is 19.4. The van der Waals surface area contributed by atoms with Gasteiger partial charge in [-0.05, 0) is 24.3 Å². The Bertz CT molecular complexity index is 830. The predicted molar refractivity (Wildman–Crippen MR) is 115 cm³/mol. The summed E-state index contributed by atoms with van der Waals surface area (Å²) in [4.78, 5) is 19.3. The maximum absolute atomic E-state index is 12.9. The molecule has 0 aliphatic carbocycles. The van der Waals surface area contributed by atoms with E-state index in [0.29, 0.717) is 26.3 Å². The van der Waals surface area contributed by atoms with Crippen molar-refractivity contribution in [2.24, 2.45) is 0 Å². The van der Waals surface area contributed by atoms with Crippen molar-refractivity contribution in [1.82, 2.24) is 4.90 Å². The maximum atomic E-state index is 12.9. The average Bonchev–Trinajstić information content (AvgIpc) is 2.80. The summed E-state index contributed by atoms with van der Waals surface area (Å²) in [5.41, 5.74) is 2.98. The van der Waals surface area contributed by atoms with Gasteiger partial charge < -0.3 is 29.5 Å². The van der Waals surface area contributed by atoms with E-state index in [4.69, 9.17) is 9.47 Å². The SMILES string of the molecule is COc1ccccc1N1CCN(C(=O)Nc2ccccc2N2CCOCC2)CC1. The van der Waals surface area contributed by atoms with Crippen LogP contribution < -0.4 is 19.9 Å². The smallest absolute Gasteiger partial charge is 0.322 e. The highest BCUT2D eigenvalue weighted by Gasteiger charge is 2.24. The molecule has 0 unspecified atom stereocenters. The molecule has 0 atom stereocenters. The standard InChI is InChI=1S/C22H28N4O3/c1-28-21-9-5-4-8-20(21)24-10-12-26(13-11-24)22(27)23-18-6-2-3-7-19(18)25-14-16-29-17-15-25/h2-9H,10-17H2,1H3,(H,23,27). The van der Waals surface area contributed by atoms with Gasteiger partial charge in [-0.15, -0.1) is 0 Å². The highest BCUT2D eigenvalue weighted by molar-refractivity contribution is 5.93. The van der Waals surface area contributed by atoms with E-state index < -0.39 is 0 Å². The Morgan fingerprint density at radius 2 is 1.48 bits per heavy atom. The summed E-state index contributed by atoms with van der Waals surface area (Å²) in [5.74, 6) is 0.866. The largest absolute Gasteiger partial charge is 0.495 e. The lowest BCUT2D eigenvalue weighted by atomic mass is 10.2. The van der Waals surface area contributed by atoms with Gasteiger partial charge in [-0.2, -0.15) is 0 Å². The van der Waals surface area contributed by atoms with Crippen LogP contribution in [0.4, 0.5) is 21.9 Å². The lowest BCUT2D eigenvalue weighted by Crippen LogP contribution is -2.50. The fraction of sp³-hybridized carbons (Fsp3) is 0.409. The first-order valence-electron chi connectivity index (χ1n) is 10.1. The molecule has 7 heteroatoms. The minimum Gasteiger partial charge on any atom is -0.495 e. The summed E-state index contributed by atoms with van der Waals surface area (Å²) in [6, 6.07) is 16.0. The molecular formula is C22H28N4O3. The van der Waals surface area contributed by atoms with Crippen molar-refractivity contribution in [3.05, 3.63) is 48.5 Å². The van der Waals surface area contributed by atoms with Gasteiger partial charge in [-0.1, -0.05) is 24.3 Å². The number of nitrogens with one attached hydrogen (secondary N) is 1. The number of methoxy groups -OCH3 is 1. The number of ether oxygens (including phenoxy) is 2. The van der Waals surface area contributed by atoms with Crippen LogP contribution in [0, 0.1) is 0 Å². The molecule has 0 spiro atoms. The van der Waals surface area contributed by atoms with E-state index >= 15 is 0 Å². The van der Waals surface area contributed by atoms with Gasteiger partial charge in [-0.25, -0.2) is 4.79 Å². The maximum Gasteiger partial charge on any atom is 0.322 e. The van der Waals surface area contributed by atoms with Crippen LogP contribution in [-0.4, -0.2) is 70.5 Å². The molecule has 0 saturated carbocycles. The molecular weight excluding hydrogens is 368 g/mol. The molecule has 2 aliphatic rings. The number of hydrogen-bond donors (Lipinski definition) is 1. The van der Waals surface area contributed by atoms with Crippen molar-refractivity contribution >= 4 is 23.1 Å². The Balaban J connectivity index is 1.38. The fourth-order valence-corrected chi connectivity index (χ4v) is 3.90. The Morgan fingerprint density at radius 3 is 2.21 bits per heavy atom. The third-order valence-corrected chi connectivity index (χ3v) is 5.49. The number of nitrogens with zero attached hydrogens (tertiary/aromatic N) is 3. The zero-order valence-corrected chi connectivity index (χ0v) is 16.8. The quantitative estimate of drug-likeness (QED) is 0.861. The topological polar surface area (TPSA) is 57.3 Å². The molecule has 2 heterocycles.